The predicted molar refractivity (Wildman–Crippen MR) is 120 cm³/mol. The number of thioether (sulfide) groups is 2. The van der Waals surface area contributed by atoms with E-state index in [4.69, 9.17) is 0 Å². The van der Waals surface area contributed by atoms with E-state index in [0.717, 1.165) is 25.8 Å². The van der Waals surface area contributed by atoms with Gasteiger partial charge in [0.25, 0.3) is 11.8 Å². The molecular formula is C24H18FNO2S2. The van der Waals surface area contributed by atoms with Crippen molar-refractivity contribution in [1.29, 1.82) is 0 Å². The van der Waals surface area contributed by atoms with Crippen molar-refractivity contribution >= 4 is 41.0 Å². The summed E-state index contributed by atoms with van der Waals surface area (Å²) >= 11 is 2.55. The molecule has 3 aromatic carbocycles. The van der Waals surface area contributed by atoms with Crippen LogP contribution >= 0.6 is 23.5 Å². The molecule has 0 aliphatic carbocycles. The zero-order chi connectivity index (χ0) is 21.3. The minimum absolute atomic E-state index is 0.355. The summed E-state index contributed by atoms with van der Waals surface area (Å²) in [6, 6.07) is 21.0. The van der Waals surface area contributed by atoms with Crippen LogP contribution in [0.15, 0.2) is 92.4 Å². The highest BCUT2D eigenvalue weighted by atomic mass is 32.2. The van der Waals surface area contributed by atoms with Gasteiger partial charge in [0, 0.05) is 9.79 Å². The number of benzene rings is 3. The van der Waals surface area contributed by atoms with Gasteiger partial charge >= 0.3 is 0 Å². The van der Waals surface area contributed by atoms with Crippen molar-refractivity contribution in [3.63, 3.8) is 0 Å². The maximum absolute atomic E-state index is 13.4. The summed E-state index contributed by atoms with van der Waals surface area (Å²) in [7, 11) is 0. The van der Waals surface area contributed by atoms with Crippen LogP contribution in [0.2, 0.25) is 0 Å². The van der Waals surface area contributed by atoms with Crippen molar-refractivity contribution in [1.82, 2.24) is 0 Å². The third-order valence-corrected chi connectivity index (χ3v) is 6.88. The molecule has 0 unspecified atom stereocenters. The molecule has 0 saturated carbocycles. The lowest BCUT2D eigenvalue weighted by Crippen LogP contribution is -2.31. The van der Waals surface area contributed by atoms with Crippen LogP contribution in [0, 0.1) is 19.7 Å². The molecule has 150 valence electrons. The van der Waals surface area contributed by atoms with E-state index in [1.54, 1.807) is 0 Å². The van der Waals surface area contributed by atoms with Crippen LogP contribution in [-0.2, 0) is 9.59 Å². The second kappa shape index (κ2) is 8.50. The lowest BCUT2D eigenvalue weighted by molar-refractivity contribution is -0.120. The van der Waals surface area contributed by atoms with Gasteiger partial charge in [0.2, 0.25) is 0 Å². The van der Waals surface area contributed by atoms with Crippen LogP contribution in [0.4, 0.5) is 10.1 Å². The first-order chi connectivity index (χ1) is 14.4. The van der Waals surface area contributed by atoms with Crippen LogP contribution in [0.5, 0.6) is 0 Å². The Morgan fingerprint density at radius 3 is 1.43 bits per heavy atom. The van der Waals surface area contributed by atoms with Crippen LogP contribution in [-0.4, -0.2) is 11.8 Å². The fourth-order valence-electron chi connectivity index (χ4n) is 2.94. The number of rotatable bonds is 5. The monoisotopic (exact) mass is 435 g/mol. The molecule has 1 aliphatic rings. The lowest BCUT2D eigenvalue weighted by Gasteiger charge is -2.15. The number of carbonyl (C=O) groups excluding carboxylic acids is 2. The number of aryl methyl sites for hydroxylation is 2. The van der Waals surface area contributed by atoms with Gasteiger partial charge in [-0.1, -0.05) is 58.9 Å². The Balaban J connectivity index is 1.73. The minimum atomic E-state index is -0.422. The van der Waals surface area contributed by atoms with Crippen molar-refractivity contribution in [2.75, 3.05) is 4.90 Å². The van der Waals surface area contributed by atoms with E-state index in [-0.39, 0.29) is 0 Å². The Morgan fingerprint density at radius 2 is 1.03 bits per heavy atom. The Bertz CT molecular complexity index is 1070. The molecule has 0 spiro atoms. The molecule has 0 radical (unpaired) electrons. The highest BCUT2D eigenvalue weighted by molar-refractivity contribution is 8.08. The van der Waals surface area contributed by atoms with Gasteiger partial charge in [0.1, 0.15) is 5.82 Å². The van der Waals surface area contributed by atoms with Crippen LogP contribution in [0.25, 0.3) is 0 Å². The fourth-order valence-corrected chi connectivity index (χ4v) is 4.93. The van der Waals surface area contributed by atoms with E-state index >= 15 is 0 Å². The molecule has 0 saturated heterocycles. The number of hydrogen-bond acceptors (Lipinski definition) is 4. The molecule has 0 aromatic heterocycles. The van der Waals surface area contributed by atoms with Gasteiger partial charge in [0.05, 0.1) is 15.5 Å². The zero-order valence-electron chi connectivity index (χ0n) is 16.4. The number of halogens is 1. The smallest absolute Gasteiger partial charge is 0.268 e. The first-order valence-corrected chi connectivity index (χ1v) is 10.9. The normalized spacial score (nSPS) is 14.0. The maximum atomic E-state index is 13.4. The first-order valence-electron chi connectivity index (χ1n) is 9.30. The third-order valence-electron chi connectivity index (χ3n) is 4.57. The molecule has 0 bridgehead atoms. The first kappa shape index (κ1) is 20.4. The Labute approximate surface area is 183 Å². The number of amides is 2. The number of hydrogen-bond donors (Lipinski definition) is 0. The topological polar surface area (TPSA) is 37.4 Å². The van der Waals surface area contributed by atoms with E-state index in [9.17, 15) is 14.0 Å². The summed E-state index contributed by atoms with van der Waals surface area (Å²) in [5.41, 5.74) is 2.58. The molecule has 0 fully saturated rings. The molecule has 3 nitrogen and oxygen atoms in total. The number of carbonyl (C=O) groups is 2. The van der Waals surface area contributed by atoms with E-state index < -0.39 is 17.6 Å². The van der Waals surface area contributed by atoms with Crippen LogP contribution in [0.3, 0.4) is 0 Å². The zero-order valence-corrected chi connectivity index (χ0v) is 18.0. The second-order valence-electron chi connectivity index (χ2n) is 6.91. The van der Waals surface area contributed by atoms with Crippen molar-refractivity contribution in [2.24, 2.45) is 0 Å². The fraction of sp³-hybridized carbons (Fsp3) is 0.0833. The number of imide groups is 1. The highest BCUT2D eigenvalue weighted by Crippen LogP contribution is 2.43. The Hall–Kier alpha value is -2.83. The molecule has 0 N–H and O–H groups in total. The van der Waals surface area contributed by atoms with Gasteiger partial charge in [-0.15, -0.1) is 0 Å². The average molecular weight is 436 g/mol. The van der Waals surface area contributed by atoms with Crippen LogP contribution in [0.1, 0.15) is 11.1 Å². The Morgan fingerprint density at radius 1 is 0.633 bits per heavy atom. The summed E-state index contributed by atoms with van der Waals surface area (Å²) < 4.78 is 13.4. The molecule has 0 atom stereocenters. The van der Waals surface area contributed by atoms with Crippen molar-refractivity contribution in [3.8, 4) is 0 Å². The van der Waals surface area contributed by atoms with Crippen molar-refractivity contribution < 1.29 is 14.0 Å². The molecular weight excluding hydrogens is 417 g/mol. The maximum Gasteiger partial charge on any atom is 0.273 e. The van der Waals surface area contributed by atoms with E-state index in [2.05, 4.69) is 0 Å². The van der Waals surface area contributed by atoms with Gasteiger partial charge in [-0.3, -0.25) is 9.59 Å². The number of nitrogens with zero attached hydrogens (tertiary/aromatic N) is 1. The van der Waals surface area contributed by atoms with Crippen molar-refractivity contribution in [2.45, 2.75) is 23.6 Å². The van der Waals surface area contributed by atoms with Gasteiger partial charge in [-0.05, 0) is 62.4 Å². The van der Waals surface area contributed by atoms with Gasteiger partial charge in [-0.25, -0.2) is 9.29 Å². The standard InChI is InChI=1S/C24H18FNO2S2/c1-15-3-11-19(12-4-15)29-21-22(30-20-13-5-16(2)6-14-20)24(28)26(23(21)27)18-9-7-17(25)8-10-18/h3-14H,1-2H3. The van der Waals surface area contributed by atoms with Gasteiger partial charge in [0.15, 0.2) is 0 Å². The predicted octanol–water partition coefficient (Wildman–Crippen LogP) is 6.11. The Kier molecular flexibility index (Phi) is 5.79. The molecule has 30 heavy (non-hydrogen) atoms. The lowest BCUT2D eigenvalue weighted by atomic mass is 10.2. The summed E-state index contributed by atoms with van der Waals surface area (Å²) in [4.78, 5) is 30.1. The SMILES string of the molecule is Cc1ccc(SC2=C(Sc3ccc(C)cc3)C(=O)N(c3ccc(F)cc3)C2=O)cc1. The second-order valence-corrected chi connectivity index (χ2v) is 9.08. The largest absolute Gasteiger partial charge is 0.273 e. The molecule has 3 aromatic rings. The average Bonchev–Trinajstić information content (AvgIpc) is 2.96. The molecule has 2 amide bonds. The van der Waals surface area contributed by atoms with Crippen molar-refractivity contribution in [3.05, 3.63) is 99.6 Å². The van der Waals surface area contributed by atoms with E-state index in [0.29, 0.717) is 15.5 Å². The summed E-state index contributed by atoms with van der Waals surface area (Å²) in [6.45, 7) is 3.99. The molecule has 6 heteroatoms. The summed E-state index contributed by atoms with van der Waals surface area (Å²) in [6.07, 6.45) is 0. The van der Waals surface area contributed by atoms with E-state index in [1.807, 2.05) is 62.4 Å². The van der Waals surface area contributed by atoms with E-state index in [1.165, 1.54) is 47.8 Å². The minimum Gasteiger partial charge on any atom is -0.268 e. The molecule has 1 heterocycles. The third kappa shape index (κ3) is 4.20. The molecule has 1 aliphatic heterocycles. The summed E-state index contributed by atoms with van der Waals surface area (Å²) in [5.74, 6) is -1.21. The quantitative estimate of drug-likeness (QED) is 0.453. The summed E-state index contributed by atoms with van der Waals surface area (Å²) in [5, 5.41) is 0. The number of anilines is 1. The van der Waals surface area contributed by atoms with Crippen LogP contribution < -0.4 is 4.90 Å². The molecule has 4 rings (SSSR count). The van der Waals surface area contributed by atoms with Gasteiger partial charge < -0.3 is 0 Å². The van der Waals surface area contributed by atoms with Gasteiger partial charge in [-0.2, -0.15) is 0 Å². The highest BCUT2D eigenvalue weighted by Gasteiger charge is 2.40.